The number of esters is 1. The highest BCUT2D eigenvalue weighted by molar-refractivity contribution is 5.78. The van der Waals surface area contributed by atoms with Crippen LogP contribution < -0.4 is 5.32 Å². The predicted octanol–water partition coefficient (Wildman–Crippen LogP) is 14.7. The van der Waals surface area contributed by atoms with Gasteiger partial charge in [-0.25, -0.2) is 0 Å². The van der Waals surface area contributed by atoms with Gasteiger partial charge in [-0.3, -0.25) is 9.59 Å². The SMILES string of the molecule is CC/C=C/C/C=C/C/C=C/C/C=C/C/C=C/C(CC(=O)NC(CO)C(O)CCCCCCCCCCCCCC)OC(=O)CCCCC/C=C/C/C=C/C/C=C/C/C=C/CC. The van der Waals surface area contributed by atoms with E-state index in [1.54, 1.807) is 6.08 Å². The zero-order valence-corrected chi connectivity index (χ0v) is 39.2. The van der Waals surface area contributed by atoms with Crippen LogP contribution in [0.1, 0.15) is 201 Å². The summed E-state index contributed by atoms with van der Waals surface area (Å²) in [6.07, 6.45) is 64.6. The number of ether oxygens (including phenoxy) is 1. The summed E-state index contributed by atoms with van der Waals surface area (Å²) >= 11 is 0. The molecule has 3 N–H and O–H groups in total. The molecule has 0 heterocycles. The Kier molecular flexibility index (Phi) is 44.9. The van der Waals surface area contributed by atoms with Gasteiger partial charge in [-0.2, -0.15) is 0 Å². The summed E-state index contributed by atoms with van der Waals surface area (Å²) in [6.45, 7) is 6.19. The van der Waals surface area contributed by atoms with Gasteiger partial charge in [0.05, 0.1) is 25.2 Å². The van der Waals surface area contributed by atoms with Gasteiger partial charge in [0.15, 0.2) is 0 Å². The molecule has 1 amide bonds. The molecule has 0 saturated heterocycles. The average Bonchev–Trinajstić information content (AvgIpc) is 3.25. The Labute approximate surface area is 375 Å². The number of amides is 1. The molecule has 6 heteroatoms. The Morgan fingerprint density at radius 2 is 0.918 bits per heavy atom. The summed E-state index contributed by atoms with van der Waals surface area (Å²) in [7, 11) is 0. The molecule has 0 radical (unpaired) electrons. The van der Waals surface area contributed by atoms with Crippen molar-refractivity contribution in [3.8, 4) is 0 Å². The Hall–Kier alpha value is -3.48. The third-order valence-electron chi connectivity index (χ3n) is 10.3. The second kappa shape index (κ2) is 47.6. The molecule has 61 heavy (non-hydrogen) atoms. The van der Waals surface area contributed by atoms with E-state index in [1.807, 2.05) is 6.08 Å². The van der Waals surface area contributed by atoms with Crippen LogP contribution in [0.25, 0.3) is 0 Å². The molecule has 0 aromatic heterocycles. The van der Waals surface area contributed by atoms with E-state index in [1.165, 1.54) is 57.8 Å². The summed E-state index contributed by atoms with van der Waals surface area (Å²) in [5.74, 6) is -0.676. The number of hydrogen-bond donors (Lipinski definition) is 3. The molecule has 0 aliphatic rings. The summed E-state index contributed by atoms with van der Waals surface area (Å²) < 4.78 is 5.80. The van der Waals surface area contributed by atoms with Crippen molar-refractivity contribution in [2.45, 2.75) is 219 Å². The van der Waals surface area contributed by atoms with Crippen molar-refractivity contribution in [3.63, 3.8) is 0 Å². The topological polar surface area (TPSA) is 95.9 Å². The molecule has 3 unspecified atom stereocenters. The molecule has 0 aromatic rings. The van der Waals surface area contributed by atoms with E-state index in [0.29, 0.717) is 19.3 Å². The molecule has 0 aromatic carbocycles. The normalized spacial score (nSPS) is 14.2. The first kappa shape index (κ1) is 57.5. The molecule has 0 bridgehead atoms. The highest BCUT2D eigenvalue weighted by Crippen LogP contribution is 2.15. The van der Waals surface area contributed by atoms with Crippen molar-refractivity contribution < 1.29 is 24.5 Å². The summed E-state index contributed by atoms with van der Waals surface area (Å²) in [5.41, 5.74) is 0. The smallest absolute Gasteiger partial charge is 0.306 e. The standard InChI is InChI=1S/C55H91NO5/c1-4-7-10-13-16-19-22-25-27-28-30-33-36-39-42-45-48-55(60)61-51(46-43-40-37-34-31-29-26-23-20-17-14-11-8-5-2)49-54(59)56-52(50-57)53(58)47-44-41-38-35-32-24-21-18-15-12-9-6-3/h7-8,10-11,16-17,19-20,25-27,29-30,33-34,37,43,46,51-53,57-58H,4-6,9,12-15,18,21-24,28,31-32,35-36,38-42,44-45,47-50H2,1-3H3,(H,56,59)/b10-7+,11-8+,19-16+,20-17+,27-25+,29-26+,33-30+,37-34+,46-43+. The molecule has 6 nitrogen and oxygen atoms in total. The fourth-order valence-electron chi connectivity index (χ4n) is 6.68. The van der Waals surface area contributed by atoms with Crippen molar-refractivity contribution in [3.05, 3.63) is 109 Å². The van der Waals surface area contributed by atoms with Crippen LogP contribution in [0.2, 0.25) is 0 Å². The molecule has 3 atom stereocenters. The number of hydrogen-bond acceptors (Lipinski definition) is 5. The fraction of sp³-hybridized carbons (Fsp3) is 0.636. The summed E-state index contributed by atoms with van der Waals surface area (Å²) in [4.78, 5) is 26.0. The Morgan fingerprint density at radius 1 is 0.508 bits per heavy atom. The van der Waals surface area contributed by atoms with Crippen molar-refractivity contribution in [1.29, 1.82) is 0 Å². The second-order valence-corrected chi connectivity index (χ2v) is 16.1. The minimum atomic E-state index is -0.830. The van der Waals surface area contributed by atoms with Gasteiger partial charge < -0.3 is 20.3 Å². The number of allylic oxidation sites excluding steroid dienone is 17. The first-order valence-electron chi connectivity index (χ1n) is 24.6. The number of aliphatic hydroxyl groups excluding tert-OH is 2. The average molecular weight is 846 g/mol. The van der Waals surface area contributed by atoms with Crippen LogP contribution >= 0.6 is 0 Å². The number of carbonyl (C=O) groups excluding carboxylic acids is 2. The highest BCUT2D eigenvalue weighted by atomic mass is 16.5. The zero-order chi connectivity index (χ0) is 44.5. The third-order valence-corrected chi connectivity index (χ3v) is 10.3. The molecule has 0 aliphatic heterocycles. The monoisotopic (exact) mass is 846 g/mol. The number of nitrogens with one attached hydrogen (secondary N) is 1. The van der Waals surface area contributed by atoms with Crippen LogP contribution in [0.4, 0.5) is 0 Å². The summed E-state index contributed by atoms with van der Waals surface area (Å²) in [5, 5.41) is 23.6. The van der Waals surface area contributed by atoms with Crippen molar-refractivity contribution >= 4 is 11.9 Å². The molecule has 346 valence electrons. The minimum absolute atomic E-state index is 0.0654. The summed E-state index contributed by atoms with van der Waals surface area (Å²) in [6, 6.07) is -0.755. The van der Waals surface area contributed by atoms with E-state index in [-0.39, 0.29) is 24.9 Å². The maximum atomic E-state index is 13.1. The third kappa shape index (κ3) is 43.0. The Morgan fingerprint density at radius 3 is 1.38 bits per heavy atom. The van der Waals surface area contributed by atoms with Crippen LogP contribution in [0, 0.1) is 0 Å². The molecular weight excluding hydrogens is 755 g/mol. The van der Waals surface area contributed by atoms with E-state index in [9.17, 15) is 19.8 Å². The lowest BCUT2D eigenvalue weighted by atomic mass is 10.0. The van der Waals surface area contributed by atoms with Crippen molar-refractivity contribution in [1.82, 2.24) is 5.32 Å². The highest BCUT2D eigenvalue weighted by Gasteiger charge is 2.23. The van der Waals surface area contributed by atoms with Crippen LogP contribution in [0.15, 0.2) is 109 Å². The van der Waals surface area contributed by atoms with Gasteiger partial charge in [0, 0.05) is 6.42 Å². The maximum Gasteiger partial charge on any atom is 0.306 e. The van der Waals surface area contributed by atoms with E-state index in [2.05, 4.69) is 123 Å². The number of aliphatic hydroxyl groups is 2. The molecule has 0 aliphatic carbocycles. The number of carbonyl (C=O) groups is 2. The fourth-order valence-corrected chi connectivity index (χ4v) is 6.68. The predicted molar refractivity (Wildman–Crippen MR) is 263 cm³/mol. The lowest BCUT2D eigenvalue weighted by Gasteiger charge is -2.23. The first-order valence-corrected chi connectivity index (χ1v) is 24.6. The van der Waals surface area contributed by atoms with E-state index in [0.717, 1.165) is 96.3 Å². The lowest BCUT2D eigenvalue weighted by molar-refractivity contribution is -0.148. The van der Waals surface area contributed by atoms with Crippen molar-refractivity contribution in [2.24, 2.45) is 0 Å². The minimum Gasteiger partial charge on any atom is -0.458 e. The van der Waals surface area contributed by atoms with Gasteiger partial charge in [-0.15, -0.1) is 0 Å². The first-order chi connectivity index (χ1) is 30.0. The zero-order valence-electron chi connectivity index (χ0n) is 39.2. The molecule has 0 rings (SSSR count). The van der Waals surface area contributed by atoms with E-state index >= 15 is 0 Å². The van der Waals surface area contributed by atoms with Crippen molar-refractivity contribution in [2.75, 3.05) is 6.61 Å². The molecule has 0 fully saturated rings. The van der Waals surface area contributed by atoms with Gasteiger partial charge in [0.2, 0.25) is 5.91 Å². The number of unbranched alkanes of at least 4 members (excludes halogenated alkanes) is 14. The molecule has 0 saturated carbocycles. The molecular formula is C55H91NO5. The van der Waals surface area contributed by atoms with Gasteiger partial charge in [-0.05, 0) is 89.5 Å². The number of rotatable bonds is 42. The van der Waals surface area contributed by atoms with E-state index in [4.69, 9.17) is 4.74 Å². The van der Waals surface area contributed by atoms with E-state index < -0.39 is 18.2 Å². The maximum absolute atomic E-state index is 13.1. The van der Waals surface area contributed by atoms with Crippen LogP contribution in [0.5, 0.6) is 0 Å². The Bertz CT molecular complexity index is 1270. The molecule has 0 spiro atoms. The largest absolute Gasteiger partial charge is 0.458 e. The van der Waals surface area contributed by atoms with Gasteiger partial charge in [0.25, 0.3) is 0 Å². The van der Waals surface area contributed by atoms with Gasteiger partial charge in [-0.1, -0.05) is 208 Å². The van der Waals surface area contributed by atoms with Crippen LogP contribution in [-0.2, 0) is 14.3 Å². The van der Waals surface area contributed by atoms with Crippen LogP contribution in [-0.4, -0.2) is 46.9 Å². The lowest BCUT2D eigenvalue weighted by Crippen LogP contribution is -2.46. The van der Waals surface area contributed by atoms with Crippen LogP contribution in [0.3, 0.4) is 0 Å². The Balaban J connectivity index is 4.82. The van der Waals surface area contributed by atoms with Gasteiger partial charge in [0.1, 0.15) is 6.10 Å². The quantitative estimate of drug-likeness (QED) is 0.0323. The van der Waals surface area contributed by atoms with Gasteiger partial charge >= 0.3 is 5.97 Å². The second-order valence-electron chi connectivity index (χ2n) is 16.1.